The molecular formula is C16H18N2O5. The van der Waals surface area contributed by atoms with Gasteiger partial charge in [-0.2, -0.15) is 0 Å². The molecule has 1 aromatic heterocycles. The Kier molecular flexibility index (Phi) is 3.46. The van der Waals surface area contributed by atoms with Gasteiger partial charge in [0.15, 0.2) is 11.4 Å². The van der Waals surface area contributed by atoms with Gasteiger partial charge in [0.25, 0.3) is 0 Å². The van der Waals surface area contributed by atoms with Gasteiger partial charge in [-0.1, -0.05) is 6.07 Å². The average Bonchev–Trinajstić information content (AvgIpc) is 3.15. The monoisotopic (exact) mass is 318 g/mol. The van der Waals surface area contributed by atoms with Gasteiger partial charge in [-0.15, -0.1) is 0 Å². The van der Waals surface area contributed by atoms with Crippen LogP contribution in [0.1, 0.15) is 25.7 Å². The third kappa shape index (κ3) is 2.66. The van der Waals surface area contributed by atoms with Crippen molar-refractivity contribution < 1.29 is 18.7 Å². The summed E-state index contributed by atoms with van der Waals surface area (Å²) < 4.78 is 16.5. The second kappa shape index (κ2) is 5.50. The molecule has 2 fully saturated rings. The number of oxazole rings is 1. The lowest BCUT2D eigenvalue weighted by atomic mass is 9.84. The summed E-state index contributed by atoms with van der Waals surface area (Å²) in [6.45, 7) is 1.26. The summed E-state index contributed by atoms with van der Waals surface area (Å²) in [5, 5.41) is 2.87. The Morgan fingerprint density at radius 2 is 1.96 bits per heavy atom. The molecule has 2 heterocycles. The van der Waals surface area contributed by atoms with Crippen LogP contribution < -0.4 is 11.1 Å². The Labute approximate surface area is 131 Å². The molecule has 7 heteroatoms. The number of rotatable bonds is 2. The summed E-state index contributed by atoms with van der Waals surface area (Å²) in [4.78, 5) is 26.4. The Morgan fingerprint density at radius 3 is 2.70 bits per heavy atom. The first kappa shape index (κ1) is 14.5. The normalized spacial score (nSPS) is 21.0. The van der Waals surface area contributed by atoms with Gasteiger partial charge >= 0.3 is 5.76 Å². The number of ether oxygens (including phenoxy) is 2. The zero-order valence-corrected chi connectivity index (χ0v) is 12.6. The number of hydrogen-bond donors (Lipinski definition) is 2. The topological polar surface area (TPSA) is 93.6 Å². The average molecular weight is 318 g/mol. The molecule has 0 radical (unpaired) electrons. The van der Waals surface area contributed by atoms with Gasteiger partial charge in [0.2, 0.25) is 5.91 Å². The van der Waals surface area contributed by atoms with Gasteiger partial charge in [-0.3, -0.25) is 9.78 Å². The van der Waals surface area contributed by atoms with Crippen LogP contribution in [0.4, 0.5) is 5.69 Å². The van der Waals surface area contributed by atoms with E-state index in [2.05, 4.69) is 10.3 Å². The van der Waals surface area contributed by atoms with Gasteiger partial charge in [-0.25, -0.2) is 4.79 Å². The second-order valence-electron chi connectivity index (χ2n) is 6.07. The van der Waals surface area contributed by atoms with Crippen LogP contribution in [0.5, 0.6) is 0 Å². The molecule has 2 aliphatic rings. The number of aromatic amines is 1. The second-order valence-corrected chi connectivity index (χ2v) is 6.07. The zero-order valence-electron chi connectivity index (χ0n) is 12.6. The Hall–Kier alpha value is -2.12. The van der Waals surface area contributed by atoms with Crippen molar-refractivity contribution in [3.05, 3.63) is 28.7 Å². The van der Waals surface area contributed by atoms with Crippen molar-refractivity contribution in [1.82, 2.24) is 4.98 Å². The van der Waals surface area contributed by atoms with E-state index in [0.717, 1.165) is 25.7 Å². The number of para-hydroxylation sites is 1. The largest absolute Gasteiger partial charge is 0.417 e. The van der Waals surface area contributed by atoms with Crippen molar-refractivity contribution in [3.63, 3.8) is 0 Å². The van der Waals surface area contributed by atoms with Crippen LogP contribution in [0.2, 0.25) is 0 Å². The molecule has 1 spiro atoms. The highest BCUT2D eigenvalue weighted by Gasteiger charge is 2.41. The lowest BCUT2D eigenvalue weighted by Gasteiger charge is -2.34. The van der Waals surface area contributed by atoms with Crippen molar-refractivity contribution in [1.29, 1.82) is 0 Å². The van der Waals surface area contributed by atoms with Gasteiger partial charge < -0.3 is 19.2 Å². The predicted molar refractivity (Wildman–Crippen MR) is 82.1 cm³/mol. The minimum atomic E-state index is -0.531. The molecular weight excluding hydrogens is 300 g/mol. The number of anilines is 1. The molecule has 23 heavy (non-hydrogen) atoms. The first-order valence-electron chi connectivity index (χ1n) is 7.86. The minimum absolute atomic E-state index is 0.0609. The molecule has 4 rings (SSSR count). The van der Waals surface area contributed by atoms with E-state index in [1.807, 2.05) is 0 Å². The van der Waals surface area contributed by atoms with E-state index >= 15 is 0 Å². The number of fused-ring (bicyclic) bond motifs is 1. The molecule has 0 bridgehead atoms. The summed E-state index contributed by atoms with van der Waals surface area (Å²) >= 11 is 0. The number of nitrogens with one attached hydrogen (secondary N) is 2. The number of aromatic nitrogens is 1. The fourth-order valence-electron chi connectivity index (χ4n) is 3.41. The summed E-state index contributed by atoms with van der Waals surface area (Å²) in [5.74, 6) is -1.15. The molecule has 7 nitrogen and oxygen atoms in total. The number of carbonyl (C=O) groups is 1. The number of amides is 1. The summed E-state index contributed by atoms with van der Waals surface area (Å²) in [5.41, 5.74) is 1.46. The molecule has 0 unspecified atom stereocenters. The molecule has 1 aliphatic carbocycles. The number of hydrogen-bond acceptors (Lipinski definition) is 5. The smallest absolute Gasteiger partial charge is 0.406 e. The molecule has 2 aromatic rings. The molecule has 0 atom stereocenters. The molecule has 1 saturated carbocycles. The van der Waals surface area contributed by atoms with Crippen LogP contribution in [-0.4, -0.2) is 29.9 Å². The SMILES string of the molecule is O=C(Nc1cccc2[nH]c(=O)oc12)C1CCC2(CC1)OCCO2. The quantitative estimate of drug-likeness (QED) is 0.883. The predicted octanol–water partition coefficient (Wildman–Crippen LogP) is 1.99. The summed E-state index contributed by atoms with van der Waals surface area (Å²) in [7, 11) is 0. The van der Waals surface area contributed by atoms with E-state index < -0.39 is 11.5 Å². The van der Waals surface area contributed by atoms with Gasteiger partial charge in [0.05, 0.1) is 24.4 Å². The van der Waals surface area contributed by atoms with Crippen LogP contribution in [-0.2, 0) is 14.3 Å². The van der Waals surface area contributed by atoms with E-state index in [1.54, 1.807) is 18.2 Å². The van der Waals surface area contributed by atoms with Crippen LogP contribution in [0, 0.1) is 5.92 Å². The molecule has 1 aromatic carbocycles. The van der Waals surface area contributed by atoms with Gasteiger partial charge in [0.1, 0.15) is 0 Å². The van der Waals surface area contributed by atoms with Crippen molar-refractivity contribution in [2.24, 2.45) is 5.92 Å². The van der Waals surface area contributed by atoms with Crippen LogP contribution in [0.25, 0.3) is 11.1 Å². The first-order valence-corrected chi connectivity index (χ1v) is 7.86. The van der Waals surface area contributed by atoms with Gasteiger partial charge in [0, 0.05) is 18.8 Å². The molecule has 1 aliphatic heterocycles. The lowest BCUT2D eigenvalue weighted by molar-refractivity contribution is -0.182. The Bertz CT molecular complexity index is 777. The molecule has 2 N–H and O–H groups in total. The molecule has 122 valence electrons. The van der Waals surface area contributed by atoms with Crippen LogP contribution >= 0.6 is 0 Å². The third-order valence-electron chi connectivity index (χ3n) is 4.64. The minimum Gasteiger partial charge on any atom is -0.406 e. The fraction of sp³-hybridized carbons (Fsp3) is 0.500. The van der Waals surface area contributed by atoms with E-state index in [-0.39, 0.29) is 11.8 Å². The zero-order chi connectivity index (χ0) is 15.9. The van der Waals surface area contributed by atoms with E-state index in [4.69, 9.17) is 13.9 Å². The van der Waals surface area contributed by atoms with Crippen molar-refractivity contribution in [2.45, 2.75) is 31.5 Å². The van der Waals surface area contributed by atoms with E-state index in [1.165, 1.54) is 0 Å². The maximum absolute atomic E-state index is 12.5. The van der Waals surface area contributed by atoms with E-state index in [0.29, 0.717) is 30.0 Å². The summed E-state index contributed by atoms with van der Waals surface area (Å²) in [6.07, 6.45) is 2.90. The fourth-order valence-corrected chi connectivity index (χ4v) is 3.41. The van der Waals surface area contributed by atoms with Crippen molar-refractivity contribution >= 4 is 22.7 Å². The Balaban J connectivity index is 1.46. The molecule has 1 amide bonds. The standard InChI is InChI=1S/C16H18N2O5/c19-14(10-4-6-16(7-5-10)21-8-9-22-16)17-11-2-1-3-12-13(11)23-15(20)18-12/h1-3,10H,4-9H2,(H,17,19)(H,18,20). The third-order valence-corrected chi connectivity index (χ3v) is 4.64. The highest BCUT2D eigenvalue weighted by molar-refractivity contribution is 5.99. The van der Waals surface area contributed by atoms with Crippen LogP contribution in [0.3, 0.4) is 0 Å². The maximum atomic E-state index is 12.5. The van der Waals surface area contributed by atoms with Crippen molar-refractivity contribution in [3.8, 4) is 0 Å². The first-order chi connectivity index (χ1) is 11.2. The number of carbonyl (C=O) groups excluding carboxylic acids is 1. The lowest BCUT2D eigenvalue weighted by Crippen LogP contribution is -2.38. The maximum Gasteiger partial charge on any atom is 0.417 e. The van der Waals surface area contributed by atoms with Crippen LogP contribution in [0.15, 0.2) is 27.4 Å². The van der Waals surface area contributed by atoms with Crippen molar-refractivity contribution in [2.75, 3.05) is 18.5 Å². The number of benzene rings is 1. The van der Waals surface area contributed by atoms with Gasteiger partial charge in [-0.05, 0) is 25.0 Å². The van der Waals surface area contributed by atoms with E-state index in [9.17, 15) is 9.59 Å². The highest BCUT2D eigenvalue weighted by Crippen LogP contribution is 2.38. The number of H-pyrrole nitrogens is 1. The summed E-state index contributed by atoms with van der Waals surface area (Å²) in [6, 6.07) is 5.22. The highest BCUT2D eigenvalue weighted by atomic mass is 16.7. The molecule has 1 saturated heterocycles. The Morgan fingerprint density at radius 1 is 1.22 bits per heavy atom.